The number of nitrogens with zero attached hydrogens (tertiary/aromatic N) is 4. The maximum absolute atomic E-state index is 11.2. The van der Waals surface area contributed by atoms with Crippen LogP contribution in [0.4, 0.5) is 11.6 Å². The highest BCUT2D eigenvalue weighted by atomic mass is 16.6. The first kappa shape index (κ1) is 13.9. The van der Waals surface area contributed by atoms with Crippen LogP contribution in [0.25, 0.3) is 0 Å². The van der Waals surface area contributed by atoms with Gasteiger partial charge in [0.05, 0.1) is 4.92 Å². The van der Waals surface area contributed by atoms with Gasteiger partial charge in [0.2, 0.25) is 5.95 Å². The van der Waals surface area contributed by atoms with Crippen LogP contribution in [0.3, 0.4) is 0 Å². The zero-order chi connectivity index (χ0) is 14.5. The molecule has 0 aliphatic heterocycles. The quantitative estimate of drug-likeness (QED) is 0.662. The minimum atomic E-state index is -0.441. The van der Waals surface area contributed by atoms with Crippen LogP contribution in [0.2, 0.25) is 0 Å². The lowest BCUT2D eigenvalue weighted by Gasteiger charge is -2.08. The van der Waals surface area contributed by atoms with E-state index >= 15 is 0 Å². The van der Waals surface area contributed by atoms with Crippen LogP contribution in [0.5, 0.6) is 0 Å². The van der Waals surface area contributed by atoms with E-state index in [0.29, 0.717) is 30.3 Å². The van der Waals surface area contributed by atoms with Gasteiger partial charge in [0.25, 0.3) is 0 Å². The second-order valence-corrected chi connectivity index (χ2v) is 4.21. The molecule has 0 atom stereocenters. The van der Waals surface area contributed by atoms with Gasteiger partial charge in [-0.2, -0.15) is 0 Å². The summed E-state index contributed by atoms with van der Waals surface area (Å²) >= 11 is 0. The Hall–Kier alpha value is -2.57. The molecule has 0 aliphatic carbocycles. The molecule has 2 heterocycles. The van der Waals surface area contributed by atoms with Crippen LogP contribution in [-0.4, -0.2) is 26.4 Å². The van der Waals surface area contributed by atoms with E-state index in [1.807, 2.05) is 19.1 Å². The summed E-state index contributed by atoms with van der Waals surface area (Å²) in [6.07, 6.45) is 1.96. The van der Waals surface area contributed by atoms with Gasteiger partial charge in [-0.15, -0.1) is 0 Å². The number of aryl methyl sites for hydroxylation is 1. The first-order valence-electron chi connectivity index (χ1n) is 6.27. The molecule has 104 valence electrons. The fourth-order valence-corrected chi connectivity index (χ4v) is 1.90. The van der Waals surface area contributed by atoms with Crippen LogP contribution in [0, 0.1) is 17.0 Å². The van der Waals surface area contributed by atoms with Crippen molar-refractivity contribution in [3.8, 4) is 0 Å². The third kappa shape index (κ3) is 3.05. The minimum Gasteiger partial charge on any atom is -0.354 e. The molecule has 0 fully saturated rings. The van der Waals surface area contributed by atoms with Crippen molar-refractivity contribution in [3.63, 3.8) is 0 Å². The summed E-state index contributed by atoms with van der Waals surface area (Å²) in [6.45, 7) is 4.18. The van der Waals surface area contributed by atoms with Crippen LogP contribution in [-0.2, 0) is 6.42 Å². The average molecular weight is 273 g/mol. The zero-order valence-corrected chi connectivity index (χ0v) is 11.3. The molecule has 0 aromatic carbocycles. The minimum absolute atomic E-state index is 0.0442. The van der Waals surface area contributed by atoms with Crippen molar-refractivity contribution in [2.24, 2.45) is 0 Å². The molecule has 0 radical (unpaired) electrons. The maximum Gasteiger partial charge on any atom is 0.312 e. The molecule has 20 heavy (non-hydrogen) atoms. The van der Waals surface area contributed by atoms with Crippen molar-refractivity contribution < 1.29 is 4.92 Å². The van der Waals surface area contributed by atoms with Crippen molar-refractivity contribution in [1.29, 1.82) is 0 Å². The van der Waals surface area contributed by atoms with Crippen LogP contribution in [0.15, 0.2) is 24.4 Å². The third-order valence-electron chi connectivity index (χ3n) is 2.72. The van der Waals surface area contributed by atoms with E-state index in [0.717, 1.165) is 5.69 Å². The lowest BCUT2D eigenvalue weighted by atomic mass is 10.1. The summed E-state index contributed by atoms with van der Waals surface area (Å²) in [5.41, 5.74) is 1.41. The van der Waals surface area contributed by atoms with Gasteiger partial charge in [-0.3, -0.25) is 15.1 Å². The molecule has 0 amide bonds. The number of pyridine rings is 1. The summed E-state index contributed by atoms with van der Waals surface area (Å²) in [6, 6.07) is 5.45. The molecule has 1 N–H and O–H groups in total. The Bertz CT molecular complexity index is 616. The Morgan fingerprint density at radius 2 is 2.15 bits per heavy atom. The van der Waals surface area contributed by atoms with E-state index < -0.39 is 4.92 Å². The van der Waals surface area contributed by atoms with Gasteiger partial charge in [-0.25, -0.2) is 9.97 Å². The topological polar surface area (TPSA) is 93.8 Å². The number of rotatable bonds is 5. The number of hydrogen-bond acceptors (Lipinski definition) is 6. The van der Waals surface area contributed by atoms with Crippen molar-refractivity contribution in [1.82, 2.24) is 15.0 Å². The second-order valence-electron chi connectivity index (χ2n) is 4.21. The fourth-order valence-electron chi connectivity index (χ4n) is 1.90. The number of anilines is 1. The van der Waals surface area contributed by atoms with Crippen LogP contribution >= 0.6 is 0 Å². The van der Waals surface area contributed by atoms with E-state index in [1.54, 1.807) is 19.2 Å². The summed E-state index contributed by atoms with van der Waals surface area (Å²) in [7, 11) is 0. The van der Waals surface area contributed by atoms with Crippen molar-refractivity contribution in [3.05, 3.63) is 51.6 Å². The van der Waals surface area contributed by atoms with Crippen molar-refractivity contribution in [2.45, 2.75) is 20.3 Å². The molecule has 0 unspecified atom stereocenters. The first-order valence-corrected chi connectivity index (χ1v) is 6.27. The lowest BCUT2D eigenvalue weighted by molar-refractivity contribution is -0.386. The Morgan fingerprint density at radius 3 is 2.75 bits per heavy atom. The highest BCUT2D eigenvalue weighted by Crippen LogP contribution is 2.23. The Morgan fingerprint density at radius 1 is 1.35 bits per heavy atom. The molecule has 0 aliphatic rings. The standard InChI is InChI=1S/C13H15N5O2/c1-3-14-13-16-9(2)12(18(19)20)11(17-13)8-10-6-4-5-7-15-10/h4-7H,3,8H2,1-2H3,(H,14,16,17). The van der Waals surface area contributed by atoms with Gasteiger partial charge in [0, 0.05) is 24.9 Å². The van der Waals surface area contributed by atoms with Gasteiger partial charge >= 0.3 is 5.69 Å². The number of aromatic nitrogens is 3. The largest absolute Gasteiger partial charge is 0.354 e. The Kier molecular flexibility index (Phi) is 4.19. The Balaban J connectivity index is 2.45. The lowest BCUT2D eigenvalue weighted by Crippen LogP contribution is -2.10. The predicted molar refractivity (Wildman–Crippen MR) is 74.6 cm³/mol. The molecule has 2 aromatic heterocycles. The highest BCUT2D eigenvalue weighted by molar-refractivity contribution is 5.45. The van der Waals surface area contributed by atoms with E-state index in [1.165, 1.54) is 0 Å². The summed E-state index contributed by atoms with van der Waals surface area (Å²) in [5.74, 6) is 0.404. The molecule has 7 heteroatoms. The molecule has 7 nitrogen and oxygen atoms in total. The molecule has 0 saturated heterocycles. The predicted octanol–water partition coefficient (Wildman–Crippen LogP) is 2.11. The van der Waals surface area contributed by atoms with E-state index in [-0.39, 0.29) is 5.69 Å². The summed E-state index contributed by atoms with van der Waals surface area (Å²) in [4.78, 5) is 23.3. The highest BCUT2D eigenvalue weighted by Gasteiger charge is 2.22. The second kappa shape index (κ2) is 6.05. The molecule has 0 spiro atoms. The Labute approximate surface area is 116 Å². The normalized spacial score (nSPS) is 10.3. The van der Waals surface area contributed by atoms with Crippen LogP contribution in [0.1, 0.15) is 24.0 Å². The molecule has 0 bridgehead atoms. The van der Waals surface area contributed by atoms with E-state index in [2.05, 4.69) is 20.3 Å². The van der Waals surface area contributed by atoms with Gasteiger partial charge < -0.3 is 5.32 Å². The monoisotopic (exact) mass is 273 g/mol. The number of nitrogens with one attached hydrogen (secondary N) is 1. The first-order chi connectivity index (χ1) is 9.61. The van der Waals surface area contributed by atoms with Gasteiger partial charge in [-0.05, 0) is 26.0 Å². The number of nitro groups is 1. The van der Waals surface area contributed by atoms with Crippen LogP contribution < -0.4 is 5.32 Å². The van der Waals surface area contributed by atoms with Gasteiger partial charge in [-0.1, -0.05) is 6.07 Å². The molecular formula is C13H15N5O2. The number of hydrogen-bond donors (Lipinski definition) is 1. The van der Waals surface area contributed by atoms with E-state index in [4.69, 9.17) is 0 Å². The smallest absolute Gasteiger partial charge is 0.312 e. The van der Waals surface area contributed by atoms with E-state index in [9.17, 15) is 10.1 Å². The molecule has 2 aromatic rings. The fraction of sp³-hybridized carbons (Fsp3) is 0.308. The van der Waals surface area contributed by atoms with Crippen molar-refractivity contribution in [2.75, 3.05) is 11.9 Å². The molecule has 0 saturated carbocycles. The molecule has 2 rings (SSSR count). The maximum atomic E-state index is 11.2. The van der Waals surface area contributed by atoms with Crippen molar-refractivity contribution >= 4 is 11.6 Å². The third-order valence-corrected chi connectivity index (χ3v) is 2.72. The SMILES string of the molecule is CCNc1nc(C)c([N+](=O)[O-])c(Cc2ccccn2)n1. The summed E-state index contributed by atoms with van der Waals surface area (Å²) < 4.78 is 0. The van der Waals surface area contributed by atoms with Gasteiger partial charge in [0.1, 0.15) is 11.4 Å². The average Bonchev–Trinajstić information content (AvgIpc) is 2.39. The molecular weight excluding hydrogens is 258 g/mol. The van der Waals surface area contributed by atoms with Gasteiger partial charge in [0.15, 0.2) is 0 Å². The summed E-state index contributed by atoms with van der Waals surface area (Å²) in [5, 5.41) is 14.2. The zero-order valence-electron chi connectivity index (χ0n) is 11.3.